The molecule has 1 aromatic carbocycles. The van der Waals surface area contributed by atoms with E-state index in [0.29, 0.717) is 35.1 Å². The van der Waals surface area contributed by atoms with Gasteiger partial charge in [-0.25, -0.2) is 0 Å². The van der Waals surface area contributed by atoms with Crippen molar-refractivity contribution in [2.75, 3.05) is 21.3 Å². The Balaban J connectivity index is 2.54. The molecular weight excluding hydrogens is 272 g/mol. The van der Waals surface area contributed by atoms with E-state index in [0.717, 1.165) is 0 Å². The first-order valence-corrected chi connectivity index (χ1v) is 6.52. The van der Waals surface area contributed by atoms with Crippen LogP contribution in [0.4, 0.5) is 0 Å². The summed E-state index contributed by atoms with van der Waals surface area (Å²) in [6.07, 6.45) is 1.60. The zero-order valence-electron chi connectivity index (χ0n) is 12.5. The Bertz CT molecular complexity index is 649. The molecule has 6 heteroatoms. The fourth-order valence-corrected chi connectivity index (χ4v) is 2.12. The fourth-order valence-electron chi connectivity index (χ4n) is 2.12. The molecule has 1 aromatic heterocycles. The average Bonchev–Trinajstić information content (AvgIpc) is 3.01. The van der Waals surface area contributed by atoms with Gasteiger partial charge in [-0.15, -0.1) is 0 Å². The minimum absolute atomic E-state index is 0.174. The van der Waals surface area contributed by atoms with Crippen molar-refractivity contribution in [2.45, 2.75) is 13.5 Å². The standard InChI is InChI=1S/C15H18N2O4/c1-5-17-11(6-7-16-17)15(18)10-8-13(20-3)14(21-4)9-12(10)19-2/h6-9H,5H2,1-4H3. The maximum absolute atomic E-state index is 12.7. The van der Waals surface area contributed by atoms with E-state index in [2.05, 4.69) is 5.10 Å². The van der Waals surface area contributed by atoms with Gasteiger partial charge in [0.05, 0.1) is 26.9 Å². The summed E-state index contributed by atoms with van der Waals surface area (Å²) in [5.41, 5.74) is 0.911. The summed E-state index contributed by atoms with van der Waals surface area (Å²) in [5.74, 6) is 1.24. The maximum Gasteiger partial charge on any atom is 0.214 e. The lowest BCUT2D eigenvalue weighted by atomic mass is 10.1. The van der Waals surface area contributed by atoms with Crippen molar-refractivity contribution in [3.8, 4) is 17.2 Å². The zero-order chi connectivity index (χ0) is 15.4. The van der Waals surface area contributed by atoms with Crippen LogP contribution in [0.15, 0.2) is 24.4 Å². The quantitative estimate of drug-likeness (QED) is 0.763. The third-order valence-electron chi connectivity index (χ3n) is 3.20. The van der Waals surface area contributed by atoms with E-state index in [9.17, 15) is 4.79 Å². The lowest BCUT2D eigenvalue weighted by molar-refractivity contribution is 0.102. The Hall–Kier alpha value is -2.50. The van der Waals surface area contributed by atoms with Crippen molar-refractivity contribution in [2.24, 2.45) is 0 Å². The normalized spacial score (nSPS) is 10.3. The van der Waals surface area contributed by atoms with Crippen molar-refractivity contribution in [1.29, 1.82) is 0 Å². The van der Waals surface area contributed by atoms with Crippen LogP contribution in [0.2, 0.25) is 0 Å². The van der Waals surface area contributed by atoms with Crippen LogP contribution in [0.25, 0.3) is 0 Å². The van der Waals surface area contributed by atoms with Gasteiger partial charge in [-0.2, -0.15) is 5.10 Å². The number of ether oxygens (including phenoxy) is 3. The van der Waals surface area contributed by atoms with Gasteiger partial charge in [-0.1, -0.05) is 0 Å². The third-order valence-corrected chi connectivity index (χ3v) is 3.20. The van der Waals surface area contributed by atoms with Gasteiger partial charge in [-0.3, -0.25) is 9.48 Å². The van der Waals surface area contributed by atoms with Crippen LogP contribution in [0, 0.1) is 0 Å². The summed E-state index contributed by atoms with van der Waals surface area (Å²) in [4.78, 5) is 12.7. The van der Waals surface area contributed by atoms with Crippen LogP contribution in [0.5, 0.6) is 17.2 Å². The molecule has 0 unspecified atom stereocenters. The van der Waals surface area contributed by atoms with E-state index in [-0.39, 0.29) is 5.78 Å². The molecule has 0 fully saturated rings. The van der Waals surface area contributed by atoms with E-state index in [1.807, 2.05) is 6.92 Å². The SMILES string of the molecule is CCn1nccc1C(=O)c1cc(OC)c(OC)cc1OC. The van der Waals surface area contributed by atoms with E-state index in [4.69, 9.17) is 14.2 Å². The Labute approximate surface area is 123 Å². The minimum atomic E-state index is -0.174. The Kier molecular flexibility index (Phi) is 4.47. The molecule has 0 amide bonds. The van der Waals surface area contributed by atoms with E-state index < -0.39 is 0 Å². The molecule has 0 aliphatic carbocycles. The van der Waals surface area contributed by atoms with Gasteiger partial charge in [0.25, 0.3) is 0 Å². The van der Waals surface area contributed by atoms with Crippen molar-refractivity contribution < 1.29 is 19.0 Å². The average molecular weight is 290 g/mol. The molecule has 0 atom stereocenters. The first-order valence-electron chi connectivity index (χ1n) is 6.52. The molecule has 21 heavy (non-hydrogen) atoms. The molecule has 2 aromatic rings. The highest BCUT2D eigenvalue weighted by Gasteiger charge is 2.21. The number of hydrogen-bond acceptors (Lipinski definition) is 5. The van der Waals surface area contributed by atoms with Gasteiger partial charge >= 0.3 is 0 Å². The topological polar surface area (TPSA) is 62.6 Å². The molecule has 0 N–H and O–H groups in total. The summed E-state index contributed by atoms with van der Waals surface area (Å²) in [6, 6.07) is 4.94. The summed E-state index contributed by atoms with van der Waals surface area (Å²) < 4.78 is 17.4. The molecule has 0 spiro atoms. The number of ketones is 1. The summed E-state index contributed by atoms with van der Waals surface area (Å²) in [7, 11) is 4.56. The molecular formula is C15H18N2O4. The van der Waals surface area contributed by atoms with Crippen LogP contribution in [-0.2, 0) is 6.54 Å². The molecule has 112 valence electrons. The Morgan fingerprint density at radius 3 is 2.29 bits per heavy atom. The van der Waals surface area contributed by atoms with Gasteiger partial charge in [0.1, 0.15) is 11.4 Å². The second kappa shape index (κ2) is 6.30. The number of rotatable bonds is 6. The second-order valence-corrected chi connectivity index (χ2v) is 4.27. The molecule has 0 saturated heterocycles. The number of carbonyl (C=O) groups is 1. The number of aryl methyl sites for hydroxylation is 1. The third kappa shape index (κ3) is 2.69. The smallest absolute Gasteiger partial charge is 0.214 e. The van der Waals surface area contributed by atoms with Crippen molar-refractivity contribution in [3.63, 3.8) is 0 Å². The van der Waals surface area contributed by atoms with Crippen molar-refractivity contribution in [1.82, 2.24) is 9.78 Å². The summed E-state index contributed by atoms with van der Waals surface area (Å²) >= 11 is 0. The molecule has 0 radical (unpaired) electrons. The van der Waals surface area contributed by atoms with E-state index in [1.165, 1.54) is 21.3 Å². The molecule has 0 saturated carbocycles. The summed E-state index contributed by atoms with van der Waals surface area (Å²) in [5, 5.41) is 4.11. The van der Waals surface area contributed by atoms with Crippen molar-refractivity contribution in [3.05, 3.63) is 35.7 Å². The highest BCUT2D eigenvalue weighted by molar-refractivity contribution is 6.10. The minimum Gasteiger partial charge on any atom is -0.496 e. The van der Waals surface area contributed by atoms with Crippen LogP contribution in [-0.4, -0.2) is 36.9 Å². The predicted octanol–water partition coefficient (Wildman–Crippen LogP) is 2.16. The van der Waals surface area contributed by atoms with Crippen LogP contribution < -0.4 is 14.2 Å². The lowest BCUT2D eigenvalue weighted by Gasteiger charge is -2.13. The number of aromatic nitrogens is 2. The number of hydrogen-bond donors (Lipinski definition) is 0. The molecule has 0 aliphatic rings. The summed E-state index contributed by atoms with van der Waals surface area (Å²) in [6.45, 7) is 2.54. The molecule has 0 bridgehead atoms. The van der Waals surface area contributed by atoms with E-state index in [1.54, 1.807) is 29.1 Å². The maximum atomic E-state index is 12.7. The number of nitrogens with zero attached hydrogens (tertiary/aromatic N) is 2. The zero-order valence-corrected chi connectivity index (χ0v) is 12.5. The largest absolute Gasteiger partial charge is 0.496 e. The van der Waals surface area contributed by atoms with Gasteiger partial charge < -0.3 is 14.2 Å². The number of carbonyl (C=O) groups excluding carboxylic acids is 1. The monoisotopic (exact) mass is 290 g/mol. The van der Waals surface area contributed by atoms with Crippen LogP contribution in [0.3, 0.4) is 0 Å². The van der Waals surface area contributed by atoms with E-state index >= 15 is 0 Å². The van der Waals surface area contributed by atoms with Gasteiger partial charge in [-0.05, 0) is 19.1 Å². The number of benzene rings is 1. The first kappa shape index (κ1) is 14.9. The molecule has 1 heterocycles. The molecule has 6 nitrogen and oxygen atoms in total. The van der Waals surface area contributed by atoms with Gasteiger partial charge in [0.2, 0.25) is 5.78 Å². The van der Waals surface area contributed by atoms with Crippen LogP contribution in [0.1, 0.15) is 23.0 Å². The first-order chi connectivity index (χ1) is 10.2. The predicted molar refractivity (Wildman–Crippen MR) is 77.4 cm³/mol. The second-order valence-electron chi connectivity index (χ2n) is 4.27. The highest BCUT2D eigenvalue weighted by atomic mass is 16.5. The van der Waals surface area contributed by atoms with Gasteiger partial charge in [0.15, 0.2) is 11.5 Å². The molecule has 0 aliphatic heterocycles. The Morgan fingerprint density at radius 2 is 1.71 bits per heavy atom. The van der Waals surface area contributed by atoms with Gasteiger partial charge in [0, 0.05) is 18.8 Å². The van der Waals surface area contributed by atoms with Crippen molar-refractivity contribution >= 4 is 5.78 Å². The Morgan fingerprint density at radius 1 is 1.10 bits per heavy atom. The molecule has 2 rings (SSSR count). The highest BCUT2D eigenvalue weighted by Crippen LogP contribution is 2.35. The lowest BCUT2D eigenvalue weighted by Crippen LogP contribution is -2.12. The van der Waals surface area contributed by atoms with Crippen LogP contribution >= 0.6 is 0 Å². The number of methoxy groups -OCH3 is 3. The fraction of sp³-hybridized carbons (Fsp3) is 0.333.